The maximum absolute atomic E-state index is 11.3. The van der Waals surface area contributed by atoms with Crippen molar-refractivity contribution in [2.24, 2.45) is 5.92 Å². The first-order chi connectivity index (χ1) is 9.38. The Labute approximate surface area is 140 Å². The van der Waals surface area contributed by atoms with E-state index in [1.165, 1.54) is 44.2 Å². The molecule has 0 heterocycles. The molecule has 0 N–H and O–H groups in total. The number of benzene rings is 1. The van der Waals surface area contributed by atoms with Crippen LogP contribution in [0.15, 0.2) is 26.0 Å². The third kappa shape index (κ3) is 4.36. The minimum atomic E-state index is -3.74. The van der Waals surface area contributed by atoms with Crippen LogP contribution in [0.2, 0.25) is 0 Å². The molecule has 0 atom stereocenters. The zero-order valence-corrected chi connectivity index (χ0v) is 15.5. The molecule has 2 rings (SSSR count). The molecular weight excluding hydrogens is 431 g/mol. The second-order valence-electron chi connectivity index (χ2n) is 4.97. The summed E-state index contributed by atoms with van der Waals surface area (Å²) in [6, 6.07) is 2.92. The monoisotopic (exact) mass is 444 g/mol. The lowest BCUT2D eigenvalue weighted by atomic mass is 9.90. The summed E-state index contributed by atoms with van der Waals surface area (Å²) in [4.78, 5) is 0.0444. The summed E-state index contributed by atoms with van der Waals surface area (Å²) >= 11 is 6.67. The number of halogens is 3. The van der Waals surface area contributed by atoms with E-state index in [0.29, 0.717) is 27.2 Å². The molecule has 7 heteroatoms. The SMILES string of the molecule is O=S(=O)(Cl)c1cc(Br)c(OCC2CCCCC2)c(Br)c1. The van der Waals surface area contributed by atoms with E-state index in [4.69, 9.17) is 15.4 Å². The van der Waals surface area contributed by atoms with E-state index in [-0.39, 0.29) is 4.90 Å². The number of rotatable bonds is 4. The van der Waals surface area contributed by atoms with Gasteiger partial charge in [-0.3, -0.25) is 0 Å². The summed E-state index contributed by atoms with van der Waals surface area (Å²) in [7, 11) is 1.60. The summed E-state index contributed by atoms with van der Waals surface area (Å²) in [5.41, 5.74) is 0. The van der Waals surface area contributed by atoms with Crippen LogP contribution >= 0.6 is 42.5 Å². The van der Waals surface area contributed by atoms with Crippen LogP contribution in [-0.4, -0.2) is 15.0 Å². The Morgan fingerprint density at radius 1 is 1.15 bits per heavy atom. The standard InChI is InChI=1S/C13H15Br2ClO3S/c14-11-6-10(20(16,17)18)7-12(15)13(11)19-8-9-4-2-1-3-5-9/h6-7,9H,1-5,8H2. The number of hydrogen-bond acceptors (Lipinski definition) is 3. The van der Waals surface area contributed by atoms with Crippen molar-refractivity contribution < 1.29 is 13.2 Å². The largest absolute Gasteiger partial charge is 0.491 e. The summed E-state index contributed by atoms with van der Waals surface area (Å²) < 4.78 is 29.7. The van der Waals surface area contributed by atoms with Crippen LogP contribution in [0.3, 0.4) is 0 Å². The molecule has 1 fully saturated rings. The third-order valence-electron chi connectivity index (χ3n) is 3.44. The van der Waals surface area contributed by atoms with Crippen LogP contribution < -0.4 is 4.74 Å². The maximum Gasteiger partial charge on any atom is 0.261 e. The highest BCUT2D eigenvalue weighted by Gasteiger charge is 2.19. The predicted molar refractivity (Wildman–Crippen MR) is 87.0 cm³/mol. The average Bonchev–Trinajstić information content (AvgIpc) is 2.37. The second-order valence-corrected chi connectivity index (χ2v) is 9.24. The van der Waals surface area contributed by atoms with Crippen molar-refractivity contribution in [3.63, 3.8) is 0 Å². The Morgan fingerprint density at radius 3 is 2.20 bits per heavy atom. The summed E-state index contributed by atoms with van der Waals surface area (Å²) in [5, 5.41) is 0. The van der Waals surface area contributed by atoms with E-state index in [1.54, 1.807) is 0 Å². The Bertz CT molecular complexity index is 560. The summed E-state index contributed by atoms with van der Waals surface area (Å²) in [5.74, 6) is 1.21. The third-order valence-corrected chi connectivity index (χ3v) is 5.95. The molecule has 0 aliphatic heterocycles. The van der Waals surface area contributed by atoms with Crippen LogP contribution in [0, 0.1) is 5.92 Å². The molecule has 0 saturated heterocycles. The summed E-state index contributed by atoms with van der Waals surface area (Å²) in [6.07, 6.45) is 6.23. The first-order valence-electron chi connectivity index (χ1n) is 6.44. The number of hydrogen-bond donors (Lipinski definition) is 0. The fourth-order valence-corrected chi connectivity index (χ4v) is 4.87. The van der Waals surface area contributed by atoms with E-state index in [0.717, 1.165) is 0 Å². The minimum Gasteiger partial charge on any atom is -0.491 e. The molecule has 0 amide bonds. The first-order valence-corrected chi connectivity index (χ1v) is 10.3. The molecule has 0 radical (unpaired) electrons. The Balaban J connectivity index is 2.12. The highest BCUT2D eigenvalue weighted by atomic mass is 79.9. The van der Waals surface area contributed by atoms with Gasteiger partial charge in [-0.2, -0.15) is 0 Å². The molecule has 1 aromatic carbocycles. The van der Waals surface area contributed by atoms with Gasteiger partial charge in [0.25, 0.3) is 9.05 Å². The van der Waals surface area contributed by atoms with Crippen LogP contribution in [0.1, 0.15) is 32.1 Å². The summed E-state index contributed by atoms with van der Waals surface area (Å²) in [6.45, 7) is 0.657. The van der Waals surface area contributed by atoms with E-state index >= 15 is 0 Å². The van der Waals surface area contributed by atoms with Crippen LogP contribution in [-0.2, 0) is 9.05 Å². The van der Waals surface area contributed by atoms with Gasteiger partial charge >= 0.3 is 0 Å². The van der Waals surface area contributed by atoms with Gasteiger partial charge in [0.2, 0.25) is 0 Å². The second kappa shape index (κ2) is 6.99. The normalized spacial score (nSPS) is 17.1. The maximum atomic E-state index is 11.3. The van der Waals surface area contributed by atoms with Crippen molar-refractivity contribution in [1.82, 2.24) is 0 Å². The van der Waals surface area contributed by atoms with Gasteiger partial charge in [0, 0.05) is 10.7 Å². The van der Waals surface area contributed by atoms with Crippen LogP contribution in [0.4, 0.5) is 0 Å². The quantitative estimate of drug-likeness (QED) is 0.605. The molecular formula is C13H15Br2ClO3S. The highest BCUT2D eigenvalue weighted by molar-refractivity contribution is 9.11. The van der Waals surface area contributed by atoms with Gasteiger partial charge in [-0.15, -0.1) is 0 Å². The van der Waals surface area contributed by atoms with Gasteiger partial charge in [-0.05, 0) is 62.8 Å². The van der Waals surface area contributed by atoms with Crippen LogP contribution in [0.5, 0.6) is 5.75 Å². The van der Waals surface area contributed by atoms with Crippen LogP contribution in [0.25, 0.3) is 0 Å². The van der Waals surface area contributed by atoms with Gasteiger partial charge in [-0.1, -0.05) is 19.3 Å². The average molecular weight is 447 g/mol. The number of ether oxygens (including phenoxy) is 1. The molecule has 3 nitrogen and oxygen atoms in total. The molecule has 20 heavy (non-hydrogen) atoms. The van der Waals surface area contributed by atoms with E-state index in [1.807, 2.05) is 0 Å². The van der Waals surface area contributed by atoms with Crippen molar-refractivity contribution in [2.75, 3.05) is 6.61 Å². The van der Waals surface area contributed by atoms with Gasteiger partial charge < -0.3 is 4.74 Å². The zero-order chi connectivity index (χ0) is 14.8. The van der Waals surface area contributed by atoms with Crippen molar-refractivity contribution >= 4 is 51.6 Å². The fraction of sp³-hybridized carbons (Fsp3) is 0.538. The van der Waals surface area contributed by atoms with E-state index in [2.05, 4.69) is 31.9 Å². The predicted octanol–water partition coefficient (Wildman–Crippen LogP) is 5.10. The van der Waals surface area contributed by atoms with Crippen molar-refractivity contribution in [3.05, 3.63) is 21.1 Å². The lowest BCUT2D eigenvalue weighted by Crippen LogP contribution is -2.15. The Morgan fingerprint density at radius 2 is 1.70 bits per heavy atom. The Hall–Kier alpha value is 0.220. The highest BCUT2D eigenvalue weighted by Crippen LogP contribution is 2.37. The molecule has 1 saturated carbocycles. The molecule has 1 aromatic rings. The van der Waals surface area contributed by atoms with E-state index < -0.39 is 9.05 Å². The molecule has 0 spiro atoms. The lowest BCUT2D eigenvalue weighted by Gasteiger charge is -2.22. The van der Waals surface area contributed by atoms with E-state index in [9.17, 15) is 8.42 Å². The smallest absolute Gasteiger partial charge is 0.261 e. The van der Waals surface area contributed by atoms with Gasteiger partial charge in [0.1, 0.15) is 5.75 Å². The van der Waals surface area contributed by atoms with Crippen molar-refractivity contribution in [2.45, 2.75) is 37.0 Å². The lowest BCUT2D eigenvalue weighted by molar-refractivity contribution is 0.207. The molecule has 0 unspecified atom stereocenters. The van der Waals surface area contributed by atoms with Crippen molar-refractivity contribution in [3.8, 4) is 5.75 Å². The van der Waals surface area contributed by atoms with Gasteiger partial charge in [-0.25, -0.2) is 8.42 Å². The zero-order valence-electron chi connectivity index (χ0n) is 10.7. The molecule has 0 aromatic heterocycles. The first kappa shape index (κ1) is 16.6. The molecule has 112 valence electrons. The molecule has 1 aliphatic carbocycles. The van der Waals surface area contributed by atoms with Crippen molar-refractivity contribution in [1.29, 1.82) is 0 Å². The molecule has 1 aliphatic rings. The fourth-order valence-electron chi connectivity index (χ4n) is 2.37. The van der Waals surface area contributed by atoms with Gasteiger partial charge in [0.15, 0.2) is 0 Å². The topological polar surface area (TPSA) is 43.4 Å². The molecule has 0 bridgehead atoms. The van der Waals surface area contributed by atoms with Gasteiger partial charge in [0.05, 0.1) is 20.4 Å². The minimum absolute atomic E-state index is 0.0444. The Kier molecular flexibility index (Phi) is 5.79.